The topological polar surface area (TPSA) is 69.6 Å². The first-order valence-corrected chi connectivity index (χ1v) is 3.87. The molecule has 0 bridgehead atoms. The molecule has 7 heteroatoms. The largest absolute Gasteiger partial charge is 0.480 e. The van der Waals surface area contributed by atoms with Gasteiger partial charge in [-0.05, 0) is 6.92 Å². The molecule has 0 aromatic heterocycles. The summed E-state index contributed by atoms with van der Waals surface area (Å²) in [4.78, 5) is 22.0. The number of hydrogen-bond acceptors (Lipinski definition) is 2. The van der Waals surface area contributed by atoms with Gasteiger partial charge in [0.1, 0.15) is 6.04 Å². The molecule has 2 amide bonds. The maximum absolute atomic E-state index is 11.8. The van der Waals surface area contributed by atoms with Crippen molar-refractivity contribution in [3.8, 4) is 0 Å². The molecule has 0 heterocycles. The van der Waals surface area contributed by atoms with Crippen molar-refractivity contribution in [1.29, 1.82) is 0 Å². The van der Waals surface area contributed by atoms with E-state index in [-0.39, 0.29) is 0 Å². The molecule has 0 fully saturated rings. The third-order valence-electron chi connectivity index (χ3n) is 1.47. The van der Waals surface area contributed by atoms with Gasteiger partial charge in [0.05, 0.1) is 6.54 Å². The zero-order valence-electron chi connectivity index (χ0n) is 7.83. The summed E-state index contributed by atoms with van der Waals surface area (Å²) in [5.41, 5.74) is 0. The molecular formula is C7H12F2N2O3. The van der Waals surface area contributed by atoms with E-state index in [1.165, 1.54) is 6.92 Å². The van der Waals surface area contributed by atoms with Crippen molar-refractivity contribution in [1.82, 2.24) is 10.2 Å². The van der Waals surface area contributed by atoms with Crippen LogP contribution in [-0.2, 0) is 4.79 Å². The van der Waals surface area contributed by atoms with Crippen LogP contribution in [0.1, 0.15) is 6.92 Å². The minimum atomic E-state index is -2.63. The molecule has 0 aromatic carbocycles. The lowest BCUT2D eigenvalue weighted by atomic mass is 10.3. The highest BCUT2D eigenvalue weighted by atomic mass is 19.3. The molecule has 0 aliphatic carbocycles. The van der Waals surface area contributed by atoms with Crippen molar-refractivity contribution in [2.75, 3.05) is 13.6 Å². The number of carboxylic acids is 1. The van der Waals surface area contributed by atoms with Crippen LogP contribution in [0.5, 0.6) is 0 Å². The number of nitrogens with zero attached hydrogens (tertiary/aromatic N) is 1. The van der Waals surface area contributed by atoms with E-state index in [9.17, 15) is 18.4 Å². The number of halogens is 2. The number of carboxylic acid groups (broad SMARTS) is 1. The van der Waals surface area contributed by atoms with Gasteiger partial charge in [0.2, 0.25) is 0 Å². The van der Waals surface area contributed by atoms with Crippen LogP contribution in [0.15, 0.2) is 0 Å². The molecule has 82 valence electrons. The van der Waals surface area contributed by atoms with Crippen LogP contribution in [0, 0.1) is 0 Å². The molecule has 0 saturated heterocycles. The summed E-state index contributed by atoms with van der Waals surface area (Å²) in [5, 5.41) is 10.5. The lowest BCUT2D eigenvalue weighted by Gasteiger charge is -2.18. The highest BCUT2D eigenvalue weighted by Gasteiger charge is 2.18. The molecule has 0 spiro atoms. The van der Waals surface area contributed by atoms with Crippen LogP contribution in [0.3, 0.4) is 0 Å². The predicted octanol–water partition coefficient (Wildman–Crippen LogP) is 0.366. The van der Waals surface area contributed by atoms with Gasteiger partial charge in [0.15, 0.2) is 0 Å². The zero-order chi connectivity index (χ0) is 11.3. The van der Waals surface area contributed by atoms with Gasteiger partial charge in [-0.2, -0.15) is 0 Å². The third kappa shape index (κ3) is 4.58. The Morgan fingerprint density at radius 3 is 2.36 bits per heavy atom. The average Bonchev–Trinajstić information content (AvgIpc) is 2.02. The summed E-state index contributed by atoms with van der Waals surface area (Å²) in [7, 11) is 1.16. The number of amides is 2. The van der Waals surface area contributed by atoms with Crippen molar-refractivity contribution in [2.24, 2.45) is 0 Å². The number of urea groups is 1. The van der Waals surface area contributed by atoms with Crippen molar-refractivity contribution in [3.05, 3.63) is 0 Å². The molecule has 0 rings (SSSR count). The third-order valence-corrected chi connectivity index (χ3v) is 1.47. The highest BCUT2D eigenvalue weighted by Crippen LogP contribution is 1.96. The van der Waals surface area contributed by atoms with Crippen LogP contribution in [0.2, 0.25) is 0 Å². The van der Waals surface area contributed by atoms with E-state index in [2.05, 4.69) is 0 Å². The Balaban J connectivity index is 4.01. The SMILES string of the molecule is CC(NC(=O)N(C)CC(F)F)C(=O)O. The second-order valence-corrected chi connectivity index (χ2v) is 2.78. The monoisotopic (exact) mass is 210 g/mol. The van der Waals surface area contributed by atoms with Crippen molar-refractivity contribution >= 4 is 12.0 Å². The Morgan fingerprint density at radius 1 is 1.50 bits per heavy atom. The maximum atomic E-state index is 11.8. The predicted molar refractivity (Wildman–Crippen MR) is 44.3 cm³/mol. The maximum Gasteiger partial charge on any atom is 0.325 e. The molecule has 14 heavy (non-hydrogen) atoms. The number of carbonyl (C=O) groups is 2. The molecule has 2 N–H and O–H groups in total. The Labute approximate surface area is 79.7 Å². The second-order valence-electron chi connectivity index (χ2n) is 2.78. The second kappa shape index (κ2) is 5.36. The Morgan fingerprint density at radius 2 is 2.00 bits per heavy atom. The highest BCUT2D eigenvalue weighted by molar-refractivity contribution is 5.82. The van der Waals surface area contributed by atoms with Crippen LogP contribution in [0.25, 0.3) is 0 Å². The molecule has 0 radical (unpaired) electrons. The van der Waals surface area contributed by atoms with Gasteiger partial charge in [-0.1, -0.05) is 0 Å². The lowest BCUT2D eigenvalue weighted by molar-refractivity contribution is -0.138. The van der Waals surface area contributed by atoms with E-state index < -0.39 is 31.0 Å². The fraction of sp³-hybridized carbons (Fsp3) is 0.714. The standard InChI is InChI=1S/C7H12F2N2O3/c1-4(6(12)13)10-7(14)11(2)3-5(8)9/h4-5H,3H2,1-2H3,(H,10,14)(H,12,13). The van der Waals surface area contributed by atoms with Gasteiger partial charge in [-0.25, -0.2) is 13.6 Å². The van der Waals surface area contributed by atoms with Crippen molar-refractivity contribution in [2.45, 2.75) is 19.4 Å². The molecule has 1 unspecified atom stereocenters. The normalized spacial score (nSPS) is 12.4. The van der Waals surface area contributed by atoms with Gasteiger partial charge >= 0.3 is 12.0 Å². The Kier molecular flexibility index (Phi) is 4.82. The first kappa shape index (κ1) is 12.6. The number of hydrogen-bond donors (Lipinski definition) is 2. The quantitative estimate of drug-likeness (QED) is 0.704. The Hall–Kier alpha value is -1.40. The number of alkyl halides is 2. The summed E-state index contributed by atoms with van der Waals surface area (Å²) in [6.45, 7) is 0.522. The molecule has 0 aliphatic heterocycles. The summed E-state index contributed by atoms with van der Waals surface area (Å²) in [6.07, 6.45) is -2.63. The van der Waals surface area contributed by atoms with Crippen molar-refractivity contribution in [3.63, 3.8) is 0 Å². The van der Waals surface area contributed by atoms with Gasteiger partial charge in [-0.3, -0.25) is 4.79 Å². The number of aliphatic carboxylic acids is 1. The first-order valence-electron chi connectivity index (χ1n) is 3.87. The molecular weight excluding hydrogens is 198 g/mol. The van der Waals surface area contributed by atoms with Crippen LogP contribution in [0.4, 0.5) is 13.6 Å². The zero-order valence-corrected chi connectivity index (χ0v) is 7.83. The van der Waals surface area contributed by atoms with E-state index in [0.29, 0.717) is 0 Å². The van der Waals surface area contributed by atoms with E-state index in [4.69, 9.17) is 5.11 Å². The van der Waals surface area contributed by atoms with Crippen LogP contribution < -0.4 is 5.32 Å². The van der Waals surface area contributed by atoms with E-state index >= 15 is 0 Å². The molecule has 5 nitrogen and oxygen atoms in total. The fourth-order valence-corrected chi connectivity index (χ4v) is 0.647. The van der Waals surface area contributed by atoms with Gasteiger partial charge < -0.3 is 15.3 Å². The minimum Gasteiger partial charge on any atom is -0.480 e. The molecule has 0 aliphatic rings. The van der Waals surface area contributed by atoms with E-state index in [1.54, 1.807) is 0 Å². The number of nitrogens with one attached hydrogen (secondary N) is 1. The van der Waals surface area contributed by atoms with Gasteiger partial charge in [-0.15, -0.1) is 0 Å². The summed E-state index contributed by atoms with van der Waals surface area (Å²) >= 11 is 0. The van der Waals surface area contributed by atoms with Gasteiger partial charge in [0.25, 0.3) is 6.43 Å². The van der Waals surface area contributed by atoms with E-state index in [1.807, 2.05) is 5.32 Å². The van der Waals surface area contributed by atoms with Crippen molar-refractivity contribution < 1.29 is 23.5 Å². The smallest absolute Gasteiger partial charge is 0.325 e. The van der Waals surface area contributed by atoms with Crippen LogP contribution >= 0.6 is 0 Å². The van der Waals surface area contributed by atoms with E-state index in [0.717, 1.165) is 11.9 Å². The average molecular weight is 210 g/mol. The molecule has 0 aromatic rings. The minimum absolute atomic E-state index is 0.724. The summed E-state index contributed by atoms with van der Waals surface area (Å²) < 4.78 is 23.6. The summed E-state index contributed by atoms with van der Waals surface area (Å²) in [6, 6.07) is -1.93. The fourth-order valence-electron chi connectivity index (χ4n) is 0.647. The van der Waals surface area contributed by atoms with Crippen LogP contribution in [-0.4, -0.2) is 48.1 Å². The summed E-state index contributed by atoms with van der Waals surface area (Å²) in [5.74, 6) is -1.22. The first-order chi connectivity index (χ1) is 6.34. The number of carbonyl (C=O) groups excluding carboxylic acids is 1. The van der Waals surface area contributed by atoms with Gasteiger partial charge in [0, 0.05) is 7.05 Å². The number of rotatable bonds is 4. The lowest BCUT2D eigenvalue weighted by Crippen LogP contribution is -2.46. The molecule has 0 saturated carbocycles. The molecule has 1 atom stereocenters. The Bertz CT molecular complexity index is 223.